The average molecular weight is 278 g/mol. The van der Waals surface area contributed by atoms with E-state index in [0.717, 1.165) is 17.4 Å². The molecule has 1 aliphatic heterocycles. The molecule has 1 aromatic heterocycles. The molecule has 2 atom stereocenters. The van der Waals surface area contributed by atoms with Crippen LogP contribution in [-0.4, -0.2) is 31.1 Å². The molecular weight excluding hydrogens is 248 g/mol. The summed E-state index contributed by atoms with van der Waals surface area (Å²) in [4.78, 5) is 2.63. The van der Waals surface area contributed by atoms with Gasteiger partial charge in [-0.1, -0.05) is 6.92 Å². The van der Waals surface area contributed by atoms with E-state index in [4.69, 9.17) is 4.42 Å². The predicted octanol–water partition coefficient (Wildman–Crippen LogP) is 3.67. The van der Waals surface area contributed by atoms with Crippen LogP contribution in [0.4, 0.5) is 0 Å². The number of piperidine rings is 1. The molecular formula is C17H30N2O. The Hall–Kier alpha value is -0.800. The fourth-order valence-electron chi connectivity index (χ4n) is 3.40. The maximum absolute atomic E-state index is 5.71. The second-order valence-electron chi connectivity index (χ2n) is 6.25. The minimum absolute atomic E-state index is 0.453. The monoisotopic (exact) mass is 278 g/mol. The number of rotatable bonds is 6. The van der Waals surface area contributed by atoms with E-state index in [0.29, 0.717) is 6.04 Å². The standard InChI is InChI=1S/C17H30N2O/c1-5-9-19(12-16-7-6-8-18-11-16)14(3)17-10-13(2)20-15(17)4/h10,14,16,18H,5-9,11-12H2,1-4H3. The molecule has 0 spiro atoms. The maximum atomic E-state index is 5.71. The third-order valence-corrected chi connectivity index (χ3v) is 4.48. The van der Waals surface area contributed by atoms with Crippen molar-refractivity contribution in [3.63, 3.8) is 0 Å². The molecule has 0 amide bonds. The number of nitrogens with zero attached hydrogens (tertiary/aromatic N) is 1. The zero-order chi connectivity index (χ0) is 14.5. The molecule has 3 nitrogen and oxygen atoms in total. The lowest BCUT2D eigenvalue weighted by molar-refractivity contribution is 0.162. The molecule has 0 radical (unpaired) electrons. The molecule has 0 saturated carbocycles. The lowest BCUT2D eigenvalue weighted by Gasteiger charge is -2.34. The van der Waals surface area contributed by atoms with Gasteiger partial charge in [-0.15, -0.1) is 0 Å². The van der Waals surface area contributed by atoms with E-state index in [-0.39, 0.29) is 0 Å². The highest BCUT2D eigenvalue weighted by Crippen LogP contribution is 2.28. The van der Waals surface area contributed by atoms with Gasteiger partial charge in [-0.3, -0.25) is 4.90 Å². The van der Waals surface area contributed by atoms with Crippen molar-refractivity contribution < 1.29 is 4.42 Å². The number of aryl methyl sites for hydroxylation is 2. The quantitative estimate of drug-likeness (QED) is 0.860. The summed E-state index contributed by atoms with van der Waals surface area (Å²) >= 11 is 0. The summed E-state index contributed by atoms with van der Waals surface area (Å²) in [5.74, 6) is 2.91. The van der Waals surface area contributed by atoms with Gasteiger partial charge >= 0.3 is 0 Å². The van der Waals surface area contributed by atoms with Crippen LogP contribution in [0.1, 0.15) is 56.2 Å². The topological polar surface area (TPSA) is 28.4 Å². The first-order chi connectivity index (χ1) is 9.61. The summed E-state index contributed by atoms with van der Waals surface area (Å²) in [6.07, 6.45) is 3.90. The van der Waals surface area contributed by atoms with Gasteiger partial charge in [-0.25, -0.2) is 0 Å². The molecule has 1 saturated heterocycles. The van der Waals surface area contributed by atoms with E-state index in [2.05, 4.69) is 37.1 Å². The molecule has 2 rings (SSSR count). The summed E-state index contributed by atoms with van der Waals surface area (Å²) in [5, 5.41) is 3.53. The maximum Gasteiger partial charge on any atom is 0.105 e. The zero-order valence-corrected chi connectivity index (χ0v) is 13.5. The van der Waals surface area contributed by atoms with Crippen LogP contribution in [0, 0.1) is 19.8 Å². The Balaban J connectivity index is 2.04. The van der Waals surface area contributed by atoms with Crippen LogP contribution in [0.15, 0.2) is 10.5 Å². The Kier molecular flexibility index (Phi) is 5.67. The highest BCUT2D eigenvalue weighted by Gasteiger charge is 2.23. The lowest BCUT2D eigenvalue weighted by Crippen LogP contribution is -2.39. The molecule has 1 fully saturated rings. The van der Waals surface area contributed by atoms with Gasteiger partial charge < -0.3 is 9.73 Å². The molecule has 114 valence electrons. The number of furan rings is 1. The molecule has 20 heavy (non-hydrogen) atoms. The van der Waals surface area contributed by atoms with Crippen molar-refractivity contribution in [2.24, 2.45) is 5.92 Å². The highest BCUT2D eigenvalue weighted by molar-refractivity contribution is 5.23. The van der Waals surface area contributed by atoms with Crippen molar-refractivity contribution in [1.82, 2.24) is 10.2 Å². The third-order valence-electron chi connectivity index (χ3n) is 4.48. The molecule has 2 heterocycles. The molecule has 1 aliphatic rings. The summed E-state index contributed by atoms with van der Waals surface area (Å²) in [5.41, 5.74) is 1.36. The van der Waals surface area contributed by atoms with E-state index in [1.54, 1.807) is 0 Å². The molecule has 0 aromatic carbocycles. The van der Waals surface area contributed by atoms with Crippen LogP contribution in [0.25, 0.3) is 0 Å². The van der Waals surface area contributed by atoms with Gasteiger partial charge in [-0.05, 0) is 71.7 Å². The van der Waals surface area contributed by atoms with Crippen LogP contribution < -0.4 is 5.32 Å². The first kappa shape index (κ1) is 15.6. The van der Waals surface area contributed by atoms with Crippen molar-refractivity contribution >= 4 is 0 Å². The zero-order valence-electron chi connectivity index (χ0n) is 13.5. The van der Waals surface area contributed by atoms with Crippen molar-refractivity contribution in [1.29, 1.82) is 0 Å². The first-order valence-electron chi connectivity index (χ1n) is 8.13. The summed E-state index contributed by atoms with van der Waals surface area (Å²) in [6.45, 7) is 13.5. The minimum atomic E-state index is 0.453. The summed E-state index contributed by atoms with van der Waals surface area (Å²) in [6, 6.07) is 2.66. The Labute approximate surface area is 123 Å². The van der Waals surface area contributed by atoms with E-state index in [1.807, 2.05) is 6.92 Å². The normalized spacial score (nSPS) is 21.4. The van der Waals surface area contributed by atoms with Gasteiger partial charge in [0.05, 0.1) is 0 Å². The van der Waals surface area contributed by atoms with Gasteiger partial charge in [-0.2, -0.15) is 0 Å². The molecule has 1 aromatic rings. The summed E-state index contributed by atoms with van der Waals surface area (Å²) in [7, 11) is 0. The molecule has 0 bridgehead atoms. The lowest BCUT2D eigenvalue weighted by atomic mass is 9.97. The Morgan fingerprint density at radius 3 is 2.80 bits per heavy atom. The van der Waals surface area contributed by atoms with E-state index in [1.165, 1.54) is 51.0 Å². The van der Waals surface area contributed by atoms with Crippen molar-refractivity contribution in [2.75, 3.05) is 26.2 Å². The fourth-order valence-corrected chi connectivity index (χ4v) is 3.40. The van der Waals surface area contributed by atoms with Crippen molar-refractivity contribution in [2.45, 2.75) is 53.0 Å². The molecule has 3 heteroatoms. The SMILES string of the molecule is CCCN(CC1CCCNC1)C(C)c1cc(C)oc1C. The molecule has 0 aliphatic carbocycles. The van der Waals surface area contributed by atoms with Gasteiger partial charge in [0.1, 0.15) is 11.5 Å². The largest absolute Gasteiger partial charge is 0.466 e. The van der Waals surface area contributed by atoms with E-state index in [9.17, 15) is 0 Å². The van der Waals surface area contributed by atoms with Crippen molar-refractivity contribution in [3.05, 3.63) is 23.2 Å². The fraction of sp³-hybridized carbons (Fsp3) is 0.765. The predicted molar refractivity (Wildman–Crippen MR) is 84.1 cm³/mol. The first-order valence-corrected chi connectivity index (χ1v) is 8.13. The van der Waals surface area contributed by atoms with Crippen LogP contribution in [0.2, 0.25) is 0 Å². The molecule has 1 N–H and O–H groups in total. The van der Waals surface area contributed by atoms with E-state index >= 15 is 0 Å². The van der Waals surface area contributed by atoms with Gasteiger partial charge in [0, 0.05) is 18.2 Å². The van der Waals surface area contributed by atoms with Gasteiger partial charge in [0.25, 0.3) is 0 Å². The second kappa shape index (κ2) is 7.28. The third kappa shape index (κ3) is 3.86. The average Bonchev–Trinajstić information content (AvgIpc) is 2.77. The van der Waals surface area contributed by atoms with Gasteiger partial charge in [0.2, 0.25) is 0 Å². The Bertz CT molecular complexity index is 407. The van der Waals surface area contributed by atoms with Crippen LogP contribution in [0.5, 0.6) is 0 Å². The van der Waals surface area contributed by atoms with E-state index < -0.39 is 0 Å². The van der Waals surface area contributed by atoms with Gasteiger partial charge in [0.15, 0.2) is 0 Å². The Morgan fingerprint density at radius 1 is 1.45 bits per heavy atom. The second-order valence-corrected chi connectivity index (χ2v) is 6.25. The smallest absolute Gasteiger partial charge is 0.105 e. The van der Waals surface area contributed by atoms with Crippen LogP contribution >= 0.6 is 0 Å². The highest BCUT2D eigenvalue weighted by atomic mass is 16.3. The minimum Gasteiger partial charge on any atom is -0.466 e. The van der Waals surface area contributed by atoms with Crippen LogP contribution in [0.3, 0.4) is 0 Å². The molecule has 2 unspecified atom stereocenters. The number of hydrogen-bond donors (Lipinski definition) is 1. The van der Waals surface area contributed by atoms with Crippen molar-refractivity contribution in [3.8, 4) is 0 Å². The Morgan fingerprint density at radius 2 is 2.25 bits per heavy atom. The number of hydrogen-bond acceptors (Lipinski definition) is 3. The number of nitrogens with one attached hydrogen (secondary N) is 1. The summed E-state index contributed by atoms with van der Waals surface area (Å²) < 4.78 is 5.71. The van der Waals surface area contributed by atoms with Crippen LogP contribution in [-0.2, 0) is 0 Å².